The third kappa shape index (κ3) is 4.77. The van der Waals surface area contributed by atoms with Crippen LogP contribution < -0.4 is 20.7 Å². The summed E-state index contributed by atoms with van der Waals surface area (Å²) in [4.78, 5) is 22.5. The molecule has 0 spiro atoms. The van der Waals surface area contributed by atoms with Crippen LogP contribution in [0.4, 0.5) is 10.5 Å². The van der Waals surface area contributed by atoms with Crippen molar-refractivity contribution in [2.45, 2.75) is 6.42 Å². The third-order valence-corrected chi connectivity index (χ3v) is 2.58. The Bertz CT molecular complexity index is 477. The van der Waals surface area contributed by atoms with Crippen LogP contribution in [-0.2, 0) is 0 Å². The van der Waals surface area contributed by atoms with E-state index in [1.807, 2.05) is 7.05 Å². The quantitative estimate of drug-likeness (QED) is 0.561. The van der Waals surface area contributed by atoms with Crippen molar-refractivity contribution in [3.63, 3.8) is 0 Å². The van der Waals surface area contributed by atoms with Crippen molar-refractivity contribution in [3.05, 3.63) is 23.8 Å². The predicted octanol–water partition coefficient (Wildman–Crippen LogP) is 1.12. The second-order valence-electron chi connectivity index (χ2n) is 4.06. The molecule has 0 saturated carbocycles. The average Bonchev–Trinajstić information content (AvgIpc) is 2.43. The van der Waals surface area contributed by atoms with E-state index in [-0.39, 0.29) is 17.3 Å². The van der Waals surface area contributed by atoms with Gasteiger partial charge in [-0.25, -0.2) is 9.59 Å². The molecular formula is C13H19N3O4. The number of hydrogen-bond acceptors (Lipinski definition) is 4. The molecule has 0 saturated heterocycles. The van der Waals surface area contributed by atoms with Crippen molar-refractivity contribution in [3.8, 4) is 5.75 Å². The summed E-state index contributed by atoms with van der Waals surface area (Å²) in [5.41, 5.74) is 0.519. The number of rotatable bonds is 7. The number of carboxylic acids is 1. The minimum Gasteiger partial charge on any atom is -0.496 e. The fourth-order valence-corrected chi connectivity index (χ4v) is 1.59. The predicted molar refractivity (Wildman–Crippen MR) is 75.5 cm³/mol. The van der Waals surface area contributed by atoms with Gasteiger partial charge in [-0.1, -0.05) is 0 Å². The fraction of sp³-hybridized carbons (Fsp3) is 0.385. The summed E-state index contributed by atoms with van der Waals surface area (Å²) in [6.45, 7) is 1.37. The highest BCUT2D eigenvalue weighted by atomic mass is 16.5. The molecule has 0 fully saturated rings. The summed E-state index contributed by atoms with van der Waals surface area (Å²) in [5, 5.41) is 17.2. The molecule has 1 aromatic carbocycles. The number of aromatic carboxylic acids is 1. The zero-order chi connectivity index (χ0) is 15.0. The maximum atomic E-state index is 11.6. The first-order chi connectivity index (χ1) is 9.58. The number of hydrogen-bond donors (Lipinski definition) is 4. The van der Waals surface area contributed by atoms with Crippen LogP contribution in [0.3, 0.4) is 0 Å². The van der Waals surface area contributed by atoms with Gasteiger partial charge in [-0.3, -0.25) is 0 Å². The molecule has 0 aromatic heterocycles. The lowest BCUT2D eigenvalue weighted by atomic mass is 10.2. The minimum absolute atomic E-state index is 0.0486. The van der Waals surface area contributed by atoms with Gasteiger partial charge >= 0.3 is 12.0 Å². The van der Waals surface area contributed by atoms with Crippen molar-refractivity contribution in [1.29, 1.82) is 0 Å². The fourth-order valence-electron chi connectivity index (χ4n) is 1.59. The van der Waals surface area contributed by atoms with E-state index in [2.05, 4.69) is 16.0 Å². The molecule has 0 aliphatic rings. The molecule has 7 nitrogen and oxygen atoms in total. The molecule has 7 heteroatoms. The SMILES string of the molecule is CNCCCNC(=O)Nc1ccc(C(=O)O)c(OC)c1. The maximum absolute atomic E-state index is 11.6. The number of carbonyl (C=O) groups is 2. The number of benzene rings is 1. The van der Waals surface area contributed by atoms with Crippen LogP contribution in [-0.4, -0.2) is 44.4 Å². The van der Waals surface area contributed by atoms with Gasteiger partial charge in [-0.15, -0.1) is 0 Å². The molecule has 4 N–H and O–H groups in total. The number of urea groups is 1. The Kier molecular flexibility index (Phi) is 6.31. The maximum Gasteiger partial charge on any atom is 0.339 e. The summed E-state index contributed by atoms with van der Waals surface area (Å²) >= 11 is 0. The molecule has 20 heavy (non-hydrogen) atoms. The van der Waals surface area contributed by atoms with Gasteiger partial charge in [-0.2, -0.15) is 0 Å². The van der Waals surface area contributed by atoms with E-state index in [1.165, 1.54) is 25.3 Å². The molecule has 0 aliphatic heterocycles. The van der Waals surface area contributed by atoms with E-state index in [0.29, 0.717) is 12.2 Å². The van der Waals surface area contributed by atoms with E-state index in [4.69, 9.17) is 9.84 Å². The van der Waals surface area contributed by atoms with Crippen LogP contribution in [0.2, 0.25) is 0 Å². The first-order valence-electron chi connectivity index (χ1n) is 6.19. The zero-order valence-corrected chi connectivity index (χ0v) is 11.5. The highest BCUT2D eigenvalue weighted by Gasteiger charge is 2.12. The first-order valence-corrected chi connectivity index (χ1v) is 6.19. The van der Waals surface area contributed by atoms with Gasteiger partial charge in [0.2, 0.25) is 0 Å². The molecule has 0 heterocycles. The van der Waals surface area contributed by atoms with Gasteiger partial charge in [0.15, 0.2) is 0 Å². The number of amides is 2. The molecule has 2 amide bonds. The Morgan fingerprint density at radius 3 is 2.65 bits per heavy atom. The van der Waals surface area contributed by atoms with Crippen LogP contribution in [0.1, 0.15) is 16.8 Å². The van der Waals surface area contributed by atoms with Crippen LogP contribution in [0.15, 0.2) is 18.2 Å². The van der Waals surface area contributed by atoms with E-state index >= 15 is 0 Å². The standard InChI is InChI=1S/C13H19N3O4/c1-14-6-3-7-15-13(19)16-9-4-5-10(12(17)18)11(8-9)20-2/h4-5,8,14H,3,6-7H2,1-2H3,(H,17,18)(H2,15,16,19). The van der Waals surface area contributed by atoms with E-state index < -0.39 is 5.97 Å². The van der Waals surface area contributed by atoms with Crippen molar-refractivity contribution < 1.29 is 19.4 Å². The lowest BCUT2D eigenvalue weighted by Crippen LogP contribution is -2.30. The molecule has 0 bridgehead atoms. The average molecular weight is 281 g/mol. The highest BCUT2D eigenvalue weighted by molar-refractivity contribution is 5.94. The van der Waals surface area contributed by atoms with Gasteiger partial charge in [0.25, 0.3) is 0 Å². The second-order valence-corrected chi connectivity index (χ2v) is 4.06. The van der Waals surface area contributed by atoms with Gasteiger partial charge in [0.1, 0.15) is 11.3 Å². The molecular weight excluding hydrogens is 262 g/mol. The van der Waals surface area contributed by atoms with E-state index in [1.54, 1.807) is 0 Å². The summed E-state index contributed by atoms with van der Waals surface area (Å²) in [5.74, 6) is -0.879. The van der Waals surface area contributed by atoms with Crippen LogP contribution in [0, 0.1) is 0 Å². The highest BCUT2D eigenvalue weighted by Crippen LogP contribution is 2.23. The van der Waals surface area contributed by atoms with Crippen LogP contribution in [0.25, 0.3) is 0 Å². The Morgan fingerprint density at radius 1 is 1.30 bits per heavy atom. The summed E-state index contributed by atoms with van der Waals surface area (Å²) in [7, 11) is 3.22. The van der Waals surface area contributed by atoms with Crippen molar-refractivity contribution in [2.24, 2.45) is 0 Å². The number of nitrogens with one attached hydrogen (secondary N) is 3. The molecule has 0 unspecified atom stereocenters. The Balaban J connectivity index is 2.59. The summed E-state index contributed by atoms with van der Waals surface area (Å²) < 4.78 is 4.98. The number of methoxy groups -OCH3 is 1. The van der Waals surface area contributed by atoms with E-state index in [0.717, 1.165) is 13.0 Å². The molecule has 1 aromatic rings. The van der Waals surface area contributed by atoms with E-state index in [9.17, 15) is 9.59 Å². The van der Waals surface area contributed by atoms with Gasteiger partial charge in [0, 0.05) is 18.3 Å². The number of anilines is 1. The smallest absolute Gasteiger partial charge is 0.339 e. The van der Waals surface area contributed by atoms with Crippen molar-refractivity contribution in [1.82, 2.24) is 10.6 Å². The van der Waals surface area contributed by atoms with Gasteiger partial charge in [0.05, 0.1) is 7.11 Å². The Hall–Kier alpha value is -2.28. The number of carbonyl (C=O) groups excluding carboxylic acids is 1. The Morgan fingerprint density at radius 2 is 2.05 bits per heavy atom. The molecule has 0 radical (unpaired) electrons. The zero-order valence-electron chi connectivity index (χ0n) is 11.5. The number of ether oxygens (including phenoxy) is 1. The molecule has 110 valence electrons. The second kappa shape index (κ2) is 8.00. The number of carboxylic acid groups (broad SMARTS) is 1. The van der Waals surface area contributed by atoms with Crippen LogP contribution >= 0.6 is 0 Å². The lowest BCUT2D eigenvalue weighted by molar-refractivity contribution is 0.0693. The van der Waals surface area contributed by atoms with Crippen molar-refractivity contribution >= 4 is 17.7 Å². The molecule has 0 aliphatic carbocycles. The third-order valence-electron chi connectivity index (χ3n) is 2.58. The normalized spacial score (nSPS) is 9.90. The lowest BCUT2D eigenvalue weighted by Gasteiger charge is -2.10. The molecule has 1 rings (SSSR count). The summed E-state index contributed by atoms with van der Waals surface area (Å²) in [6, 6.07) is 4.03. The van der Waals surface area contributed by atoms with Gasteiger partial charge < -0.3 is 25.8 Å². The largest absolute Gasteiger partial charge is 0.496 e. The minimum atomic E-state index is -1.08. The van der Waals surface area contributed by atoms with Crippen LogP contribution in [0.5, 0.6) is 5.75 Å². The topological polar surface area (TPSA) is 99.7 Å². The van der Waals surface area contributed by atoms with Crippen molar-refractivity contribution in [2.75, 3.05) is 32.6 Å². The monoisotopic (exact) mass is 281 g/mol. The first kappa shape index (κ1) is 15.8. The van der Waals surface area contributed by atoms with Gasteiger partial charge in [-0.05, 0) is 32.1 Å². The summed E-state index contributed by atoms with van der Waals surface area (Å²) in [6.07, 6.45) is 0.825. The Labute approximate surface area is 117 Å². The molecule has 0 atom stereocenters.